The minimum Gasteiger partial charge on any atom is -0.324 e. The van der Waals surface area contributed by atoms with Crippen molar-refractivity contribution in [3.63, 3.8) is 0 Å². The summed E-state index contributed by atoms with van der Waals surface area (Å²) < 4.78 is 2.24. The molecule has 0 aliphatic heterocycles. The van der Waals surface area contributed by atoms with Crippen LogP contribution in [0.15, 0.2) is 0 Å². The SMILES string of the molecule is CC(C)c1nc(CN)n(C2C3CC4CC(C3)CC2C4)n1. The predicted octanol–water partition coefficient (Wildman–Crippen LogP) is 2.86. The topological polar surface area (TPSA) is 56.7 Å². The summed E-state index contributed by atoms with van der Waals surface area (Å²) in [7, 11) is 0. The molecule has 4 bridgehead atoms. The maximum Gasteiger partial charge on any atom is 0.153 e. The Kier molecular flexibility index (Phi) is 2.92. The third-order valence-electron chi connectivity index (χ3n) is 5.88. The van der Waals surface area contributed by atoms with Crippen LogP contribution in [0.3, 0.4) is 0 Å². The molecule has 1 heterocycles. The molecule has 0 aromatic carbocycles. The van der Waals surface area contributed by atoms with Crippen LogP contribution in [0, 0.1) is 23.7 Å². The van der Waals surface area contributed by atoms with Crippen molar-refractivity contribution in [3.05, 3.63) is 11.6 Å². The van der Waals surface area contributed by atoms with E-state index in [1.807, 2.05) is 0 Å². The zero-order valence-corrected chi connectivity index (χ0v) is 12.6. The Hall–Kier alpha value is -0.900. The van der Waals surface area contributed by atoms with Crippen LogP contribution < -0.4 is 5.73 Å². The fraction of sp³-hybridized carbons (Fsp3) is 0.875. The molecule has 4 nitrogen and oxygen atoms in total. The predicted molar refractivity (Wildman–Crippen MR) is 78.1 cm³/mol. The molecule has 0 amide bonds. The van der Waals surface area contributed by atoms with E-state index in [1.54, 1.807) is 0 Å². The van der Waals surface area contributed by atoms with Gasteiger partial charge < -0.3 is 5.73 Å². The lowest BCUT2D eigenvalue weighted by Crippen LogP contribution is -2.46. The smallest absolute Gasteiger partial charge is 0.153 e. The van der Waals surface area contributed by atoms with E-state index in [1.165, 1.54) is 32.1 Å². The van der Waals surface area contributed by atoms with Crippen molar-refractivity contribution in [2.75, 3.05) is 0 Å². The third kappa shape index (κ3) is 1.84. The molecule has 20 heavy (non-hydrogen) atoms. The molecule has 1 aromatic heterocycles. The van der Waals surface area contributed by atoms with Crippen LogP contribution in [0.1, 0.15) is 69.6 Å². The monoisotopic (exact) mass is 274 g/mol. The first-order chi connectivity index (χ1) is 9.65. The number of hydrogen-bond donors (Lipinski definition) is 1. The summed E-state index contributed by atoms with van der Waals surface area (Å²) in [5.74, 6) is 6.03. The van der Waals surface area contributed by atoms with E-state index >= 15 is 0 Å². The van der Waals surface area contributed by atoms with Crippen LogP contribution in [-0.2, 0) is 6.54 Å². The number of nitrogens with zero attached hydrogens (tertiary/aromatic N) is 3. The summed E-state index contributed by atoms with van der Waals surface area (Å²) in [6.07, 6.45) is 7.16. The molecule has 4 fully saturated rings. The van der Waals surface area contributed by atoms with E-state index in [4.69, 9.17) is 10.8 Å². The summed E-state index contributed by atoms with van der Waals surface area (Å²) in [5.41, 5.74) is 5.93. The minimum absolute atomic E-state index is 0.387. The van der Waals surface area contributed by atoms with Crippen molar-refractivity contribution in [2.45, 2.75) is 64.5 Å². The lowest BCUT2D eigenvalue weighted by molar-refractivity contribution is -0.0349. The van der Waals surface area contributed by atoms with Gasteiger partial charge in [-0.15, -0.1) is 0 Å². The van der Waals surface area contributed by atoms with Crippen LogP contribution >= 0.6 is 0 Å². The Morgan fingerprint density at radius 3 is 2.20 bits per heavy atom. The molecule has 4 saturated carbocycles. The summed E-state index contributed by atoms with van der Waals surface area (Å²) in [6, 6.07) is 0.585. The second-order valence-electron chi connectivity index (χ2n) is 7.61. The number of hydrogen-bond acceptors (Lipinski definition) is 3. The fourth-order valence-corrected chi connectivity index (χ4v) is 5.29. The van der Waals surface area contributed by atoms with Crippen molar-refractivity contribution < 1.29 is 0 Å². The molecule has 4 aliphatic carbocycles. The van der Waals surface area contributed by atoms with Gasteiger partial charge in [-0.3, -0.25) is 0 Å². The van der Waals surface area contributed by atoms with E-state index in [2.05, 4.69) is 23.5 Å². The lowest BCUT2D eigenvalue weighted by Gasteiger charge is -2.54. The van der Waals surface area contributed by atoms with Gasteiger partial charge in [-0.05, 0) is 55.8 Å². The fourth-order valence-electron chi connectivity index (χ4n) is 5.29. The quantitative estimate of drug-likeness (QED) is 0.922. The Labute approximate surface area is 121 Å². The molecule has 0 spiro atoms. The molecular weight excluding hydrogens is 248 g/mol. The molecule has 5 rings (SSSR count). The van der Waals surface area contributed by atoms with Crippen molar-refractivity contribution in [3.8, 4) is 0 Å². The molecule has 110 valence electrons. The highest BCUT2D eigenvalue weighted by Gasteiger charge is 2.49. The zero-order chi connectivity index (χ0) is 13.9. The first kappa shape index (κ1) is 12.8. The van der Waals surface area contributed by atoms with E-state index in [-0.39, 0.29) is 0 Å². The van der Waals surface area contributed by atoms with Crippen LogP contribution in [0.5, 0.6) is 0 Å². The van der Waals surface area contributed by atoms with E-state index in [0.717, 1.165) is 35.3 Å². The van der Waals surface area contributed by atoms with Gasteiger partial charge >= 0.3 is 0 Å². The van der Waals surface area contributed by atoms with Crippen molar-refractivity contribution in [1.82, 2.24) is 14.8 Å². The maximum atomic E-state index is 5.93. The molecule has 4 aliphatic rings. The Bertz CT molecular complexity index is 477. The minimum atomic E-state index is 0.387. The molecule has 0 atom stereocenters. The largest absolute Gasteiger partial charge is 0.324 e. The first-order valence-electron chi connectivity index (χ1n) is 8.31. The molecule has 1 aromatic rings. The highest BCUT2D eigenvalue weighted by Crippen LogP contribution is 2.58. The Morgan fingerprint density at radius 1 is 1.10 bits per heavy atom. The van der Waals surface area contributed by atoms with Gasteiger partial charge in [0.2, 0.25) is 0 Å². The van der Waals surface area contributed by atoms with Gasteiger partial charge in [0.05, 0.1) is 12.6 Å². The lowest BCUT2D eigenvalue weighted by atomic mass is 9.54. The van der Waals surface area contributed by atoms with Gasteiger partial charge in [0.25, 0.3) is 0 Å². The van der Waals surface area contributed by atoms with Crippen LogP contribution in [0.4, 0.5) is 0 Å². The zero-order valence-electron chi connectivity index (χ0n) is 12.6. The molecule has 0 unspecified atom stereocenters. The van der Waals surface area contributed by atoms with Crippen LogP contribution in [0.25, 0.3) is 0 Å². The standard InChI is InChI=1S/C16H26N4/c1-9(2)16-18-14(8-17)20(19-16)15-12-4-10-3-11(6-12)7-13(15)5-10/h9-13,15H,3-8,17H2,1-2H3. The maximum absolute atomic E-state index is 5.93. The molecular formula is C16H26N4. The van der Waals surface area contributed by atoms with Crippen molar-refractivity contribution in [2.24, 2.45) is 29.4 Å². The Morgan fingerprint density at radius 2 is 1.70 bits per heavy atom. The Balaban J connectivity index is 1.70. The van der Waals surface area contributed by atoms with Gasteiger partial charge in [-0.1, -0.05) is 13.8 Å². The molecule has 0 radical (unpaired) electrons. The second-order valence-corrected chi connectivity index (χ2v) is 7.61. The van der Waals surface area contributed by atoms with Gasteiger partial charge in [-0.25, -0.2) is 9.67 Å². The molecule has 2 N–H and O–H groups in total. The van der Waals surface area contributed by atoms with Crippen molar-refractivity contribution in [1.29, 1.82) is 0 Å². The highest BCUT2D eigenvalue weighted by atomic mass is 15.4. The van der Waals surface area contributed by atoms with Gasteiger partial charge in [0.1, 0.15) is 5.82 Å². The average Bonchev–Trinajstić information content (AvgIpc) is 2.81. The van der Waals surface area contributed by atoms with Crippen molar-refractivity contribution >= 4 is 0 Å². The van der Waals surface area contributed by atoms with Gasteiger partial charge in [0, 0.05) is 5.92 Å². The first-order valence-corrected chi connectivity index (χ1v) is 8.31. The second kappa shape index (κ2) is 4.55. The normalized spacial score (nSPS) is 38.9. The summed E-state index contributed by atoms with van der Waals surface area (Å²) in [5, 5.41) is 4.85. The summed E-state index contributed by atoms with van der Waals surface area (Å²) in [6.45, 7) is 4.84. The molecule has 4 heteroatoms. The average molecular weight is 274 g/mol. The van der Waals surface area contributed by atoms with Crippen LogP contribution in [0.2, 0.25) is 0 Å². The summed E-state index contributed by atoms with van der Waals surface area (Å²) in [4.78, 5) is 4.69. The molecule has 0 saturated heterocycles. The number of rotatable bonds is 3. The van der Waals surface area contributed by atoms with E-state index < -0.39 is 0 Å². The van der Waals surface area contributed by atoms with E-state index in [0.29, 0.717) is 18.5 Å². The van der Waals surface area contributed by atoms with E-state index in [9.17, 15) is 0 Å². The third-order valence-corrected chi connectivity index (χ3v) is 5.88. The van der Waals surface area contributed by atoms with Gasteiger partial charge in [0.15, 0.2) is 5.82 Å². The number of aromatic nitrogens is 3. The van der Waals surface area contributed by atoms with Gasteiger partial charge in [-0.2, -0.15) is 5.10 Å². The highest BCUT2D eigenvalue weighted by molar-refractivity contribution is 5.05. The number of nitrogens with two attached hydrogens (primary N) is 1. The van der Waals surface area contributed by atoms with Crippen LogP contribution in [-0.4, -0.2) is 14.8 Å². The summed E-state index contributed by atoms with van der Waals surface area (Å²) >= 11 is 0.